The van der Waals surface area contributed by atoms with Crippen molar-refractivity contribution in [3.05, 3.63) is 34.9 Å². The molecule has 0 radical (unpaired) electrons. The molecule has 0 spiro atoms. The fraction of sp³-hybridized carbons (Fsp3) is 0.538. The largest absolute Gasteiger partial charge is 0.396 e. The minimum Gasteiger partial charge on any atom is -0.396 e. The van der Waals surface area contributed by atoms with Gasteiger partial charge in [-0.25, -0.2) is 8.42 Å². The van der Waals surface area contributed by atoms with E-state index in [4.69, 9.17) is 11.6 Å². The van der Waals surface area contributed by atoms with Crippen molar-refractivity contribution in [2.24, 2.45) is 5.92 Å². The van der Waals surface area contributed by atoms with Crippen LogP contribution in [0, 0.1) is 5.92 Å². The smallest absolute Gasteiger partial charge is 0.150 e. The lowest BCUT2D eigenvalue weighted by atomic mass is 9.98. The van der Waals surface area contributed by atoms with Gasteiger partial charge in [-0.05, 0) is 30.4 Å². The van der Waals surface area contributed by atoms with Crippen LogP contribution in [0.3, 0.4) is 0 Å². The van der Waals surface area contributed by atoms with Gasteiger partial charge < -0.3 is 5.11 Å². The highest BCUT2D eigenvalue weighted by Crippen LogP contribution is 2.20. The fourth-order valence-electron chi connectivity index (χ4n) is 1.72. The van der Waals surface area contributed by atoms with Crippen LogP contribution < -0.4 is 0 Å². The Kier molecular flexibility index (Phi) is 6.12. The molecule has 0 aliphatic carbocycles. The summed E-state index contributed by atoms with van der Waals surface area (Å²) >= 11 is 6.04. The summed E-state index contributed by atoms with van der Waals surface area (Å²) in [5, 5.41) is 9.97. The lowest BCUT2D eigenvalue weighted by molar-refractivity contribution is 0.222. The monoisotopic (exact) mass is 290 g/mol. The van der Waals surface area contributed by atoms with Gasteiger partial charge in [0.1, 0.15) is 9.84 Å². The molecule has 1 aromatic rings. The van der Waals surface area contributed by atoms with Crippen molar-refractivity contribution in [2.75, 3.05) is 18.1 Å². The summed E-state index contributed by atoms with van der Waals surface area (Å²) < 4.78 is 22.9. The maximum absolute atomic E-state index is 11.4. The van der Waals surface area contributed by atoms with E-state index in [0.717, 1.165) is 5.56 Å². The highest BCUT2D eigenvalue weighted by atomic mass is 35.5. The molecule has 1 N–H and O–H groups in total. The molecule has 3 nitrogen and oxygen atoms in total. The fourth-order valence-corrected chi connectivity index (χ4v) is 2.92. The number of rotatable bonds is 7. The summed E-state index contributed by atoms with van der Waals surface area (Å²) in [5.41, 5.74) is 0.951. The molecule has 0 fully saturated rings. The van der Waals surface area contributed by atoms with Crippen molar-refractivity contribution >= 4 is 21.4 Å². The van der Waals surface area contributed by atoms with Gasteiger partial charge in [-0.1, -0.05) is 36.7 Å². The molecule has 0 aromatic heterocycles. The lowest BCUT2D eigenvalue weighted by Crippen LogP contribution is -2.17. The van der Waals surface area contributed by atoms with E-state index in [2.05, 4.69) is 0 Å². The second kappa shape index (κ2) is 7.12. The SMILES string of the molecule is CCS(=O)(=O)CCC(CO)Cc1ccccc1Cl. The normalized spacial score (nSPS) is 13.5. The molecule has 1 unspecified atom stereocenters. The van der Waals surface area contributed by atoms with E-state index in [1.54, 1.807) is 13.0 Å². The Hall–Kier alpha value is -0.580. The minimum absolute atomic E-state index is 0.0234. The third kappa shape index (κ3) is 4.96. The number of hydrogen-bond donors (Lipinski definition) is 1. The second-order valence-electron chi connectivity index (χ2n) is 4.37. The Bertz CT molecular complexity index is 471. The van der Waals surface area contributed by atoms with Crippen LogP contribution in [0.5, 0.6) is 0 Å². The Morgan fingerprint density at radius 3 is 2.56 bits per heavy atom. The first-order valence-electron chi connectivity index (χ1n) is 6.03. The van der Waals surface area contributed by atoms with Crippen molar-refractivity contribution in [1.29, 1.82) is 0 Å². The van der Waals surface area contributed by atoms with E-state index in [1.807, 2.05) is 18.2 Å². The van der Waals surface area contributed by atoms with E-state index in [1.165, 1.54) is 0 Å². The Morgan fingerprint density at radius 1 is 1.33 bits per heavy atom. The van der Waals surface area contributed by atoms with Crippen LogP contribution in [0.15, 0.2) is 24.3 Å². The molecule has 0 aliphatic heterocycles. The highest BCUT2D eigenvalue weighted by molar-refractivity contribution is 7.91. The van der Waals surface area contributed by atoms with Crippen molar-refractivity contribution in [3.8, 4) is 0 Å². The minimum atomic E-state index is -2.97. The molecule has 0 saturated carbocycles. The third-order valence-electron chi connectivity index (χ3n) is 3.00. The quantitative estimate of drug-likeness (QED) is 0.838. The van der Waals surface area contributed by atoms with E-state index in [-0.39, 0.29) is 24.0 Å². The summed E-state index contributed by atoms with van der Waals surface area (Å²) in [5.74, 6) is 0.211. The van der Waals surface area contributed by atoms with Crippen molar-refractivity contribution < 1.29 is 13.5 Å². The summed E-state index contributed by atoms with van der Waals surface area (Å²) in [6.45, 7) is 1.61. The van der Waals surface area contributed by atoms with E-state index < -0.39 is 9.84 Å². The zero-order valence-corrected chi connectivity index (χ0v) is 12.0. The molecule has 18 heavy (non-hydrogen) atoms. The molecule has 0 bridgehead atoms. The number of sulfone groups is 1. The summed E-state index contributed by atoms with van der Waals surface area (Å²) in [6, 6.07) is 7.44. The second-order valence-corrected chi connectivity index (χ2v) is 7.25. The van der Waals surface area contributed by atoms with Crippen LogP contribution in [0.2, 0.25) is 5.02 Å². The summed E-state index contributed by atoms with van der Waals surface area (Å²) in [4.78, 5) is 0. The van der Waals surface area contributed by atoms with Crippen LogP contribution in [0.25, 0.3) is 0 Å². The van der Waals surface area contributed by atoms with Crippen molar-refractivity contribution in [1.82, 2.24) is 0 Å². The van der Waals surface area contributed by atoms with Crippen LogP contribution in [-0.2, 0) is 16.3 Å². The lowest BCUT2D eigenvalue weighted by Gasteiger charge is -2.14. The first-order valence-corrected chi connectivity index (χ1v) is 8.23. The van der Waals surface area contributed by atoms with Crippen LogP contribution in [0.1, 0.15) is 18.9 Å². The standard InChI is InChI=1S/C13H19ClO3S/c1-2-18(16,17)8-7-11(10-15)9-12-5-3-4-6-13(12)14/h3-6,11,15H,2,7-10H2,1H3. The Morgan fingerprint density at radius 2 is 2.00 bits per heavy atom. The Balaban J connectivity index is 2.61. The molecular weight excluding hydrogens is 272 g/mol. The molecule has 1 atom stereocenters. The predicted molar refractivity (Wildman–Crippen MR) is 74.7 cm³/mol. The number of halogens is 1. The van der Waals surface area contributed by atoms with Crippen LogP contribution >= 0.6 is 11.6 Å². The average Bonchev–Trinajstić information content (AvgIpc) is 2.36. The Labute approximate surface area is 114 Å². The topological polar surface area (TPSA) is 54.4 Å². The van der Waals surface area contributed by atoms with Gasteiger partial charge in [-0.15, -0.1) is 0 Å². The van der Waals surface area contributed by atoms with Gasteiger partial charge in [0, 0.05) is 17.4 Å². The van der Waals surface area contributed by atoms with E-state index >= 15 is 0 Å². The molecule has 1 aromatic carbocycles. The molecular formula is C13H19ClO3S. The molecule has 1 rings (SSSR count). The summed E-state index contributed by atoms with van der Waals surface area (Å²) in [6.07, 6.45) is 1.08. The third-order valence-corrected chi connectivity index (χ3v) is 5.11. The average molecular weight is 291 g/mol. The first-order chi connectivity index (χ1) is 8.48. The zero-order valence-electron chi connectivity index (χ0n) is 10.5. The predicted octanol–water partition coefficient (Wildman–Crippen LogP) is 2.32. The number of aliphatic hydroxyl groups excluding tert-OH is 1. The number of aliphatic hydroxyl groups is 1. The molecule has 5 heteroatoms. The van der Waals surface area contributed by atoms with E-state index in [9.17, 15) is 13.5 Å². The van der Waals surface area contributed by atoms with Gasteiger partial charge in [-0.2, -0.15) is 0 Å². The van der Waals surface area contributed by atoms with E-state index in [0.29, 0.717) is 17.9 Å². The van der Waals surface area contributed by atoms with Crippen molar-refractivity contribution in [2.45, 2.75) is 19.8 Å². The van der Waals surface area contributed by atoms with Crippen molar-refractivity contribution in [3.63, 3.8) is 0 Å². The highest BCUT2D eigenvalue weighted by Gasteiger charge is 2.15. The van der Waals surface area contributed by atoms with Gasteiger partial charge in [0.2, 0.25) is 0 Å². The van der Waals surface area contributed by atoms with Gasteiger partial charge in [0.25, 0.3) is 0 Å². The van der Waals surface area contributed by atoms with Gasteiger partial charge >= 0.3 is 0 Å². The molecule has 0 heterocycles. The van der Waals surface area contributed by atoms with Gasteiger partial charge in [0.15, 0.2) is 0 Å². The number of benzene rings is 1. The van der Waals surface area contributed by atoms with Crippen LogP contribution in [0.4, 0.5) is 0 Å². The number of hydrogen-bond acceptors (Lipinski definition) is 3. The van der Waals surface area contributed by atoms with Crippen LogP contribution in [-0.4, -0.2) is 31.6 Å². The van der Waals surface area contributed by atoms with Gasteiger partial charge in [0.05, 0.1) is 5.75 Å². The summed E-state index contributed by atoms with van der Waals surface area (Å²) in [7, 11) is -2.97. The molecule has 0 amide bonds. The maximum Gasteiger partial charge on any atom is 0.150 e. The first kappa shape index (κ1) is 15.5. The zero-order chi connectivity index (χ0) is 13.6. The molecule has 102 valence electrons. The molecule has 0 aliphatic rings. The molecule has 0 saturated heterocycles. The van der Waals surface area contributed by atoms with Gasteiger partial charge in [-0.3, -0.25) is 0 Å². The maximum atomic E-state index is 11.4.